The molecule has 1 aromatic heterocycles. The van der Waals surface area contributed by atoms with E-state index in [4.69, 9.17) is 15.6 Å². The summed E-state index contributed by atoms with van der Waals surface area (Å²) in [6, 6.07) is 7.36. The number of ether oxygens (including phenoxy) is 1. The van der Waals surface area contributed by atoms with Gasteiger partial charge >= 0.3 is 6.18 Å². The molecule has 1 aliphatic rings. The van der Waals surface area contributed by atoms with Gasteiger partial charge in [-0.2, -0.15) is 13.2 Å². The van der Waals surface area contributed by atoms with Gasteiger partial charge in [-0.3, -0.25) is 20.5 Å². The highest BCUT2D eigenvalue weighted by atomic mass is 19.4. The number of rotatable bonds is 10. The maximum absolute atomic E-state index is 13.4. The molecule has 1 unspecified atom stereocenters. The Balaban J connectivity index is 1.89. The van der Waals surface area contributed by atoms with Crippen LogP contribution in [0.15, 0.2) is 30.3 Å². The third-order valence-corrected chi connectivity index (χ3v) is 5.80. The van der Waals surface area contributed by atoms with Crippen molar-refractivity contribution in [2.45, 2.75) is 65.2 Å². The first-order chi connectivity index (χ1) is 16.9. The molecule has 36 heavy (non-hydrogen) atoms. The van der Waals surface area contributed by atoms with Crippen molar-refractivity contribution in [3.8, 4) is 0 Å². The zero-order valence-electron chi connectivity index (χ0n) is 20.7. The first kappa shape index (κ1) is 27.3. The van der Waals surface area contributed by atoms with Gasteiger partial charge in [0.1, 0.15) is 11.5 Å². The highest BCUT2D eigenvalue weighted by Gasteiger charge is 2.34. The zero-order chi connectivity index (χ0) is 26.6. The molecule has 0 bridgehead atoms. The van der Waals surface area contributed by atoms with E-state index in [9.17, 15) is 18.0 Å². The Morgan fingerprint density at radius 3 is 2.64 bits per heavy atom. The first-order valence-corrected chi connectivity index (χ1v) is 11.6. The molecule has 3 N–H and O–H groups in total. The predicted octanol–water partition coefficient (Wildman–Crippen LogP) is 4.46. The molecule has 1 atom stereocenters. The molecule has 2 heterocycles. The molecule has 1 aliphatic heterocycles. The van der Waals surface area contributed by atoms with Gasteiger partial charge in [0.05, 0.1) is 32.0 Å². The van der Waals surface area contributed by atoms with Crippen LogP contribution in [0.3, 0.4) is 0 Å². The molecular formula is C25H31F3N6O2. The molecule has 0 aliphatic carbocycles. The second kappa shape index (κ2) is 11.2. The van der Waals surface area contributed by atoms with Crippen LogP contribution in [-0.4, -0.2) is 53.3 Å². The molecule has 194 valence electrons. The van der Waals surface area contributed by atoms with Crippen LogP contribution in [0, 0.1) is 10.8 Å². The lowest BCUT2D eigenvalue weighted by Crippen LogP contribution is -2.40. The Morgan fingerprint density at radius 1 is 1.31 bits per heavy atom. The van der Waals surface area contributed by atoms with Crippen LogP contribution in [0.1, 0.15) is 59.9 Å². The molecule has 3 rings (SSSR count). The summed E-state index contributed by atoms with van der Waals surface area (Å²) in [5, 5.41) is 19.1. The fraction of sp³-hybridized carbons (Fsp3) is 0.440. The second-order valence-electron chi connectivity index (χ2n) is 9.00. The number of amidine groups is 1. The largest absolute Gasteiger partial charge is 0.391 e. The Morgan fingerprint density at radius 2 is 2.03 bits per heavy atom. The number of nitrogens with zero attached hydrogens (tertiary/aromatic N) is 3. The molecule has 0 saturated carbocycles. The van der Waals surface area contributed by atoms with Crippen molar-refractivity contribution >= 4 is 23.9 Å². The maximum atomic E-state index is 13.4. The highest BCUT2D eigenvalue weighted by Crippen LogP contribution is 2.31. The average molecular weight is 505 g/mol. The van der Waals surface area contributed by atoms with Crippen LogP contribution in [0.4, 0.5) is 19.0 Å². The number of carbonyl (C=O) groups is 1. The van der Waals surface area contributed by atoms with Crippen LogP contribution in [-0.2, 0) is 24.4 Å². The van der Waals surface area contributed by atoms with Crippen LogP contribution in [0.5, 0.6) is 0 Å². The topological polar surface area (TPSA) is 105 Å². The summed E-state index contributed by atoms with van der Waals surface area (Å²) in [6.07, 6.45) is -4.88. The van der Waals surface area contributed by atoms with Gasteiger partial charge < -0.3 is 15.0 Å². The van der Waals surface area contributed by atoms with E-state index in [-0.39, 0.29) is 35.9 Å². The van der Waals surface area contributed by atoms with Crippen LogP contribution in [0.2, 0.25) is 0 Å². The Bertz CT molecular complexity index is 1140. The van der Waals surface area contributed by atoms with Crippen molar-refractivity contribution in [3.05, 3.63) is 58.3 Å². The Labute approximate surface area is 208 Å². The van der Waals surface area contributed by atoms with E-state index in [1.165, 1.54) is 17.9 Å². The molecule has 8 nitrogen and oxygen atoms in total. The quantitative estimate of drug-likeness (QED) is 0.327. The molecule has 1 amide bonds. The lowest BCUT2D eigenvalue weighted by molar-refractivity contribution is -0.141. The van der Waals surface area contributed by atoms with E-state index in [0.29, 0.717) is 25.1 Å². The van der Waals surface area contributed by atoms with E-state index in [1.807, 2.05) is 33.0 Å². The van der Waals surface area contributed by atoms with Gasteiger partial charge in [0.15, 0.2) is 5.84 Å². The van der Waals surface area contributed by atoms with E-state index in [1.54, 1.807) is 12.1 Å². The summed E-state index contributed by atoms with van der Waals surface area (Å²) in [6.45, 7) is 6.38. The number of aromatic nitrogens is 1. The normalized spacial score (nSPS) is 14.2. The zero-order valence-corrected chi connectivity index (χ0v) is 20.7. The highest BCUT2D eigenvalue weighted by molar-refractivity contribution is 6.10. The van der Waals surface area contributed by atoms with E-state index in [2.05, 4.69) is 10.3 Å². The lowest BCUT2D eigenvalue weighted by Gasteiger charge is -2.27. The van der Waals surface area contributed by atoms with Gasteiger partial charge in [-0.05, 0) is 62.7 Å². The number of anilines is 1. The Hall–Kier alpha value is -3.31. The summed E-state index contributed by atoms with van der Waals surface area (Å²) in [5.74, 6) is -0.321. The van der Waals surface area contributed by atoms with Crippen LogP contribution < -0.4 is 10.2 Å². The van der Waals surface area contributed by atoms with Gasteiger partial charge in [-0.1, -0.05) is 12.1 Å². The van der Waals surface area contributed by atoms with Gasteiger partial charge in [-0.15, -0.1) is 0 Å². The maximum Gasteiger partial charge on any atom is 0.391 e. The third-order valence-electron chi connectivity index (χ3n) is 5.80. The fourth-order valence-corrected chi connectivity index (χ4v) is 4.11. The SMILES string of the molecule is CNCc1cc(COC(C)C)cc2c1CN(c1cccc(C(=N)N(C=N)C(C)CC(F)(F)F)n1)C2=O. The van der Waals surface area contributed by atoms with Gasteiger partial charge in [0.2, 0.25) is 0 Å². The van der Waals surface area contributed by atoms with Crippen molar-refractivity contribution < 1.29 is 22.7 Å². The van der Waals surface area contributed by atoms with Crippen molar-refractivity contribution in [2.24, 2.45) is 0 Å². The number of carbonyl (C=O) groups excluding carboxylic acids is 1. The third kappa shape index (κ3) is 6.27. The fourth-order valence-electron chi connectivity index (χ4n) is 4.11. The second-order valence-corrected chi connectivity index (χ2v) is 9.00. The van der Waals surface area contributed by atoms with Crippen LogP contribution in [0.25, 0.3) is 0 Å². The lowest BCUT2D eigenvalue weighted by atomic mass is 9.99. The minimum absolute atomic E-state index is 0.0415. The molecule has 0 radical (unpaired) electrons. The monoisotopic (exact) mass is 504 g/mol. The smallest absolute Gasteiger partial charge is 0.374 e. The van der Waals surface area contributed by atoms with Gasteiger partial charge in [0.25, 0.3) is 5.91 Å². The molecule has 0 spiro atoms. The average Bonchev–Trinajstić information content (AvgIpc) is 3.14. The molecule has 11 heteroatoms. The summed E-state index contributed by atoms with van der Waals surface area (Å²) >= 11 is 0. The minimum Gasteiger partial charge on any atom is -0.374 e. The van der Waals surface area contributed by atoms with Crippen molar-refractivity contribution in [2.75, 3.05) is 11.9 Å². The number of pyridine rings is 1. The standard InChI is InChI=1S/C25H31F3N6O2/c1-15(2)36-13-17-8-18(11-31-4)20-12-33(24(35)19(20)9-17)22-7-5-6-21(32-22)23(30)34(14-29)16(3)10-25(26,27)28/h5-9,14-16,29-31H,10-13H2,1-4H3. The van der Waals surface area contributed by atoms with E-state index in [0.717, 1.165) is 21.6 Å². The Kier molecular flexibility index (Phi) is 8.47. The minimum atomic E-state index is -4.44. The van der Waals surface area contributed by atoms with Crippen molar-refractivity contribution in [1.82, 2.24) is 15.2 Å². The van der Waals surface area contributed by atoms with Crippen molar-refractivity contribution in [1.29, 1.82) is 10.8 Å². The number of fused-ring (bicyclic) bond motifs is 1. The van der Waals surface area contributed by atoms with E-state index >= 15 is 0 Å². The first-order valence-electron chi connectivity index (χ1n) is 11.6. The van der Waals surface area contributed by atoms with E-state index < -0.39 is 18.6 Å². The molecule has 0 saturated heterocycles. The molecule has 2 aromatic rings. The predicted molar refractivity (Wildman–Crippen MR) is 131 cm³/mol. The molecule has 1 aromatic carbocycles. The summed E-state index contributed by atoms with van der Waals surface area (Å²) < 4.78 is 44.3. The number of halogens is 3. The number of benzene rings is 1. The summed E-state index contributed by atoms with van der Waals surface area (Å²) in [4.78, 5) is 20.2. The van der Waals surface area contributed by atoms with Crippen LogP contribution >= 0.6 is 0 Å². The number of nitrogens with one attached hydrogen (secondary N) is 3. The number of hydrogen-bond donors (Lipinski definition) is 3. The van der Waals surface area contributed by atoms with Crippen molar-refractivity contribution in [3.63, 3.8) is 0 Å². The molecular weight excluding hydrogens is 473 g/mol. The number of hydrogen-bond acceptors (Lipinski definition) is 6. The van der Waals surface area contributed by atoms with Gasteiger partial charge in [0, 0.05) is 18.2 Å². The molecule has 0 fully saturated rings. The summed E-state index contributed by atoms with van der Waals surface area (Å²) in [5.41, 5.74) is 3.33. The number of amides is 1. The number of alkyl halides is 3. The summed E-state index contributed by atoms with van der Waals surface area (Å²) in [7, 11) is 1.82. The van der Waals surface area contributed by atoms with Gasteiger partial charge in [-0.25, -0.2) is 4.98 Å².